The van der Waals surface area contributed by atoms with Crippen molar-refractivity contribution in [2.45, 2.75) is 6.92 Å². The molecule has 0 unspecified atom stereocenters. The van der Waals surface area contributed by atoms with Gasteiger partial charge in [-0.15, -0.1) is 0 Å². The molecule has 0 fully saturated rings. The molecular weight excluding hydrogens is 228 g/mol. The van der Waals surface area contributed by atoms with Crippen LogP contribution in [0.4, 0.5) is 5.82 Å². The lowest BCUT2D eigenvalue weighted by atomic mass is 10.2. The molecule has 5 heteroatoms. The Balaban J connectivity index is 2.36. The molecule has 1 N–H and O–H groups in total. The molecule has 0 aliphatic rings. The van der Waals surface area contributed by atoms with Crippen LogP contribution < -0.4 is 10.2 Å². The number of aromatic nitrogens is 2. The molecule has 0 aliphatic heterocycles. The second kappa shape index (κ2) is 4.86. The van der Waals surface area contributed by atoms with Crippen molar-refractivity contribution in [1.29, 1.82) is 0 Å². The third-order valence-corrected chi connectivity index (χ3v) is 3.07. The molecule has 2 aromatic rings. The summed E-state index contributed by atoms with van der Waals surface area (Å²) in [4.78, 5) is 3.00. The predicted octanol–water partition coefficient (Wildman–Crippen LogP) is 1.09. The minimum atomic E-state index is 0.637. The number of nitrogens with zero attached hydrogens (tertiary/aromatic N) is 3. The summed E-state index contributed by atoms with van der Waals surface area (Å²) >= 11 is 0. The van der Waals surface area contributed by atoms with Crippen molar-refractivity contribution in [3.05, 3.63) is 29.0 Å². The van der Waals surface area contributed by atoms with E-state index in [1.54, 1.807) is 11.7 Å². The first-order valence-electron chi connectivity index (χ1n) is 6.08. The van der Waals surface area contributed by atoms with E-state index in [1.165, 1.54) is 0 Å². The zero-order valence-corrected chi connectivity index (χ0v) is 11.4. The minimum absolute atomic E-state index is 0.637. The van der Waals surface area contributed by atoms with Crippen molar-refractivity contribution in [3.63, 3.8) is 0 Å². The fourth-order valence-corrected chi connectivity index (χ4v) is 2.03. The van der Waals surface area contributed by atoms with Gasteiger partial charge in [-0.25, -0.2) is 4.68 Å². The van der Waals surface area contributed by atoms with Crippen molar-refractivity contribution in [1.82, 2.24) is 9.58 Å². The minimum Gasteiger partial charge on any atom is -0.692 e. The summed E-state index contributed by atoms with van der Waals surface area (Å²) in [5.41, 5.74) is 2.10. The van der Waals surface area contributed by atoms with Gasteiger partial charge in [-0.1, -0.05) is 11.6 Å². The van der Waals surface area contributed by atoms with Crippen molar-refractivity contribution in [2.75, 3.05) is 32.5 Å². The first-order chi connectivity index (χ1) is 8.50. The molecule has 5 nitrogen and oxygen atoms in total. The molecule has 0 bridgehead atoms. The van der Waals surface area contributed by atoms with Crippen LogP contribution in [0.25, 0.3) is 10.9 Å². The maximum absolute atomic E-state index is 12.1. The first kappa shape index (κ1) is 12.7. The maximum Gasteiger partial charge on any atom is 0.306 e. The van der Waals surface area contributed by atoms with Gasteiger partial charge in [-0.3, -0.25) is 5.32 Å². The van der Waals surface area contributed by atoms with Crippen molar-refractivity contribution in [2.24, 2.45) is 7.05 Å². The van der Waals surface area contributed by atoms with Crippen LogP contribution in [-0.4, -0.2) is 36.8 Å². The molecule has 1 aromatic carbocycles. The molecular formula is C13H20N4O. The van der Waals surface area contributed by atoms with Crippen LogP contribution in [0, 0.1) is 12.1 Å². The van der Waals surface area contributed by atoms with Gasteiger partial charge in [0.1, 0.15) is 0 Å². The van der Waals surface area contributed by atoms with Crippen LogP contribution in [0.2, 0.25) is 0 Å². The molecule has 0 aliphatic carbocycles. The Bertz CT molecular complexity index is 560. The van der Waals surface area contributed by atoms with Crippen LogP contribution in [0.3, 0.4) is 0 Å². The normalized spacial score (nSPS) is 11.4. The summed E-state index contributed by atoms with van der Waals surface area (Å²) in [7, 11) is 5.81. The molecule has 1 aromatic heterocycles. The molecule has 98 valence electrons. The molecule has 2 rings (SSSR count). The van der Waals surface area contributed by atoms with E-state index < -0.39 is 0 Å². The van der Waals surface area contributed by atoms with Gasteiger partial charge in [-0.2, -0.15) is 4.85 Å². The fraction of sp³-hybridized carbons (Fsp3) is 0.462. The van der Waals surface area contributed by atoms with E-state index in [0.29, 0.717) is 5.82 Å². The Morgan fingerprint density at radius 2 is 2.11 bits per heavy atom. The summed E-state index contributed by atoms with van der Waals surface area (Å²) in [6.07, 6.45) is 0. The van der Waals surface area contributed by atoms with E-state index in [0.717, 1.165) is 34.4 Å². The lowest BCUT2D eigenvalue weighted by Gasteiger charge is -2.09. The monoisotopic (exact) mass is 248 g/mol. The van der Waals surface area contributed by atoms with Crippen LogP contribution in [0.1, 0.15) is 5.56 Å². The Labute approximate surface area is 107 Å². The average Bonchev–Trinajstić information content (AvgIpc) is 2.53. The zero-order chi connectivity index (χ0) is 13.3. The Kier molecular flexibility index (Phi) is 3.43. The number of fused-ring (bicyclic) bond motifs is 1. The van der Waals surface area contributed by atoms with Gasteiger partial charge < -0.3 is 10.1 Å². The smallest absolute Gasteiger partial charge is 0.306 e. The van der Waals surface area contributed by atoms with Crippen molar-refractivity contribution < 1.29 is 4.85 Å². The third-order valence-electron chi connectivity index (χ3n) is 3.07. The number of hydrogen-bond donors (Lipinski definition) is 1. The highest BCUT2D eigenvalue weighted by atomic mass is 16.5. The molecule has 18 heavy (non-hydrogen) atoms. The quantitative estimate of drug-likeness (QED) is 0.651. The zero-order valence-electron chi connectivity index (χ0n) is 11.4. The Morgan fingerprint density at radius 3 is 2.78 bits per heavy atom. The van der Waals surface area contributed by atoms with E-state index in [2.05, 4.69) is 10.2 Å². The molecule has 0 amide bonds. The predicted molar refractivity (Wildman–Crippen MR) is 73.7 cm³/mol. The van der Waals surface area contributed by atoms with E-state index in [4.69, 9.17) is 0 Å². The van der Waals surface area contributed by atoms with E-state index in [1.807, 2.05) is 39.2 Å². The summed E-state index contributed by atoms with van der Waals surface area (Å²) in [5, 5.41) is 16.3. The Hall–Kier alpha value is -1.75. The molecule has 0 atom stereocenters. The summed E-state index contributed by atoms with van der Waals surface area (Å²) in [6, 6.07) is 6.05. The molecule has 1 heterocycles. The molecule has 0 radical (unpaired) electrons. The second-order valence-electron chi connectivity index (χ2n) is 4.90. The highest BCUT2D eigenvalue weighted by Crippen LogP contribution is 2.21. The number of aryl methyl sites for hydroxylation is 2. The van der Waals surface area contributed by atoms with Gasteiger partial charge in [0.15, 0.2) is 0 Å². The average molecular weight is 248 g/mol. The third kappa shape index (κ3) is 2.26. The van der Waals surface area contributed by atoms with Crippen molar-refractivity contribution >= 4 is 16.7 Å². The number of rotatable bonds is 4. The largest absolute Gasteiger partial charge is 0.692 e. The highest BCUT2D eigenvalue weighted by Gasteiger charge is 2.16. The van der Waals surface area contributed by atoms with Crippen LogP contribution in [-0.2, 0) is 7.05 Å². The number of likely N-dealkylation sites (N-methyl/N-ethyl adjacent to an activating group) is 1. The lowest BCUT2D eigenvalue weighted by molar-refractivity contribution is -0.675. The van der Waals surface area contributed by atoms with Crippen LogP contribution in [0.5, 0.6) is 0 Å². The lowest BCUT2D eigenvalue weighted by Crippen LogP contribution is -2.38. The van der Waals surface area contributed by atoms with Crippen molar-refractivity contribution in [3.8, 4) is 0 Å². The van der Waals surface area contributed by atoms with E-state index in [-0.39, 0.29) is 0 Å². The Morgan fingerprint density at radius 1 is 1.39 bits per heavy atom. The summed E-state index contributed by atoms with van der Waals surface area (Å²) in [5.74, 6) is 0.637. The van der Waals surface area contributed by atoms with Crippen LogP contribution >= 0.6 is 0 Å². The number of nitrogens with one attached hydrogen (secondary N) is 1. The number of anilines is 1. The molecule has 0 saturated carbocycles. The molecule has 0 spiro atoms. The van der Waals surface area contributed by atoms with Gasteiger partial charge in [0, 0.05) is 13.6 Å². The van der Waals surface area contributed by atoms with E-state index >= 15 is 0 Å². The van der Waals surface area contributed by atoms with Gasteiger partial charge in [-0.05, 0) is 33.2 Å². The second-order valence-corrected chi connectivity index (χ2v) is 4.90. The van der Waals surface area contributed by atoms with Gasteiger partial charge in [0.2, 0.25) is 0 Å². The maximum atomic E-state index is 12.1. The molecule has 0 saturated heterocycles. The standard InChI is InChI=1S/C13H20N4O/c1-10-5-6-12-11(9-10)13(17(18)16(12)4)14-7-8-15(2)3/h5-6,9,14H,7-8H2,1-4H3. The summed E-state index contributed by atoms with van der Waals surface area (Å²) < 4.78 is 1.62. The first-order valence-corrected chi connectivity index (χ1v) is 6.08. The number of hydrogen-bond acceptors (Lipinski definition) is 3. The van der Waals surface area contributed by atoms with Crippen LogP contribution in [0.15, 0.2) is 18.2 Å². The number of benzene rings is 1. The summed E-state index contributed by atoms with van der Waals surface area (Å²) in [6.45, 7) is 3.68. The van der Waals surface area contributed by atoms with Gasteiger partial charge in [0.05, 0.1) is 17.4 Å². The highest BCUT2D eigenvalue weighted by molar-refractivity contribution is 5.88. The fourth-order valence-electron chi connectivity index (χ4n) is 2.03. The topological polar surface area (TPSA) is 47.1 Å². The van der Waals surface area contributed by atoms with Gasteiger partial charge in [0.25, 0.3) is 0 Å². The SMILES string of the molecule is Cc1ccc2c(c1)c(NCCN(C)C)[n+]([O-])n2C. The van der Waals surface area contributed by atoms with Gasteiger partial charge >= 0.3 is 5.82 Å². The van der Waals surface area contributed by atoms with E-state index in [9.17, 15) is 5.21 Å².